The molecule has 3 N–H and O–H groups in total. The summed E-state index contributed by atoms with van der Waals surface area (Å²) in [5.41, 5.74) is 0. The van der Waals surface area contributed by atoms with Gasteiger partial charge in [-0.05, 0) is 44.9 Å². The summed E-state index contributed by atoms with van der Waals surface area (Å²) >= 11 is 0. The van der Waals surface area contributed by atoms with Crippen LogP contribution in [0.1, 0.15) is 316 Å². The van der Waals surface area contributed by atoms with Gasteiger partial charge in [0.15, 0.2) is 0 Å². The van der Waals surface area contributed by atoms with E-state index in [-0.39, 0.29) is 18.5 Å². The molecule has 63 heavy (non-hydrogen) atoms. The average Bonchev–Trinajstić information content (AvgIpc) is 3.28. The molecule has 1 amide bonds. The van der Waals surface area contributed by atoms with Crippen molar-refractivity contribution in [3.63, 3.8) is 0 Å². The summed E-state index contributed by atoms with van der Waals surface area (Å²) in [6, 6.07) is -0.578. The van der Waals surface area contributed by atoms with Crippen molar-refractivity contribution in [3.8, 4) is 0 Å². The molecule has 0 rings (SSSR count). The highest BCUT2D eigenvalue weighted by Gasteiger charge is 2.20. The fourth-order valence-electron chi connectivity index (χ4n) is 8.94. The second kappa shape index (κ2) is 53.2. The monoisotopic (exact) mass is 890 g/mol. The average molecular weight is 891 g/mol. The minimum absolute atomic E-state index is 0.0317. The normalized spacial score (nSPS) is 12.6. The number of carbonyl (C=O) groups excluding carboxylic acids is 2. The number of esters is 1. The molecule has 0 spiro atoms. The minimum Gasteiger partial charge on any atom is -0.466 e. The molecule has 0 aliphatic heterocycles. The van der Waals surface area contributed by atoms with Crippen LogP contribution in [-0.4, -0.2) is 47.4 Å². The maximum Gasteiger partial charge on any atom is 0.305 e. The SMILES string of the molecule is CCCCCCCCCCCCCCCCCCCCCCCCC(O)C(CO)NC(=O)CCC/C=C\CCCCCCOC(=O)CCCCCCCCCCCCCCCCC. The van der Waals surface area contributed by atoms with Crippen molar-refractivity contribution in [2.75, 3.05) is 13.2 Å². The summed E-state index contributed by atoms with van der Waals surface area (Å²) < 4.78 is 5.45. The molecule has 6 nitrogen and oxygen atoms in total. The van der Waals surface area contributed by atoms with Crippen LogP contribution in [0.25, 0.3) is 0 Å². The summed E-state index contributed by atoms with van der Waals surface area (Å²) in [7, 11) is 0. The van der Waals surface area contributed by atoms with Crippen LogP contribution in [0, 0.1) is 0 Å². The Morgan fingerprint density at radius 2 is 0.762 bits per heavy atom. The van der Waals surface area contributed by atoms with Gasteiger partial charge in [0.05, 0.1) is 25.4 Å². The van der Waals surface area contributed by atoms with Crippen molar-refractivity contribution in [1.29, 1.82) is 0 Å². The number of aliphatic hydroxyl groups is 2. The molecule has 0 bridgehead atoms. The van der Waals surface area contributed by atoms with Crippen LogP contribution < -0.4 is 5.32 Å². The molecule has 0 saturated heterocycles. The Bertz CT molecular complexity index is 939. The van der Waals surface area contributed by atoms with E-state index in [4.69, 9.17) is 4.74 Å². The molecule has 0 radical (unpaired) electrons. The fraction of sp³-hybridized carbons (Fsp3) is 0.930. The first-order valence-electron chi connectivity index (χ1n) is 28.4. The van der Waals surface area contributed by atoms with Gasteiger partial charge in [0.2, 0.25) is 5.91 Å². The van der Waals surface area contributed by atoms with Crippen molar-refractivity contribution in [2.45, 2.75) is 328 Å². The number of unbranched alkanes of at least 4 members (excludes halogenated alkanes) is 40. The minimum atomic E-state index is -0.695. The summed E-state index contributed by atoms with van der Waals surface area (Å²) in [5, 5.41) is 23.3. The molecule has 0 heterocycles. The van der Waals surface area contributed by atoms with E-state index in [0.717, 1.165) is 70.6 Å². The zero-order valence-electron chi connectivity index (χ0n) is 42.6. The second-order valence-corrected chi connectivity index (χ2v) is 19.6. The number of aliphatic hydroxyl groups excluding tert-OH is 2. The Labute approximate surface area is 393 Å². The Morgan fingerprint density at radius 1 is 0.429 bits per heavy atom. The van der Waals surface area contributed by atoms with Gasteiger partial charge in [-0.2, -0.15) is 0 Å². The van der Waals surface area contributed by atoms with E-state index < -0.39 is 12.1 Å². The predicted molar refractivity (Wildman–Crippen MR) is 273 cm³/mol. The molecule has 0 fully saturated rings. The van der Waals surface area contributed by atoms with Crippen molar-refractivity contribution in [3.05, 3.63) is 12.2 Å². The highest BCUT2D eigenvalue weighted by molar-refractivity contribution is 5.76. The Morgan fingerprint density at radius 3 is 1.16 bits per heavy atom. The lowest BCUT2D eigenvalue weighted by Gasteiger charge is -2.22. The lowest BCUT2D eigenvalue weighted by molar-refractivity contribution is -0.143. The van der Waals surface area contributed by atoms with E-state index in [9.17, 15) is 19.8 Å². The van der Waals surface area contributed by atoms with Crippen LogP contribution >= 0.6 is 0 Å². The maximum atomic E-state index is 12.5. The standard InChI is InChI=1S/C57H111NO5/c1-3-5-7-9-11-13-15-17-19-20-21-22-23-24-25-27-28-30-33-37-41-45-49-55(60)54(53-59)58-56(61)50-46-42-38-34-32-36-40-44-48-52-63-57(62)51-47-43-39-35-31-29-26-18-16-14-12-10-8-6-4-2/h34,38,54-55,59-60H,3-33,35-37,39-53H2,1-2H3,(H,58,61)/b38-34-. The Balaban J connectivity index is 3.50. The number of allylic oxidation sites excluding steroid dienone is 2. The molecule has 0 aromatic rings. The summed E-state index contributed by atoms with van der Waals surface area (Å²) in [5.74, 6) is -0.123. The number of hydrogen-bond donors (Lipinski definition) is 3. The highest BCUT2D eigenvalue weighted by atomic mass is 16.5. The van der Waals surface area contributed by atoms with E-state index in [1.165, 1.54) is 212 Å². The van der Waals surface area contributed by atoms with E-state index >= 15 is 0 Å². The quantitative estimate of drug-likeness (QED) is 0.0321. The van der Waals surface area contributed by atoms with Gasteiger partial charge in [0.1, 0.15) is 0 Å². The topological polar surface area (TPSA) is 95.9 Å². The van der Waals surface area contributed by atoms with Gasteiger partial charge < -0.3 is 20.3 Å². The second-order valence-electron chi connectivity index (χ2n) is 19.6. The number of rotatable bonds is 53. The van der Waals surface area contributed by atoms with Gasteiger partial charge >= 0.3 is 5.97 Å². The van der Waals surface area contributed by atoms with E-state index in [2.05, 4.69) is 31.3 Å². The van der Waals surface area contributed by atoms with Gasteiger partial charge in [-0.3, -0.25) is 9.59 Å². The molecule has 0 aliphatic carbocycles. The van der Waals surface area contributed by atoms with Gasteiger partial charge in [-0.1, -0.05) is 270 Å². The van der Waals surface area contributed by atoms with Gasteiger partial charge in [0.25, 0.3) is 0 Å². The zero-order chi connectivity index (χ0) is 45.8. The Hall–Kier alpha value is -1.40. The van der Waals surface area contributed by atoms with Crippen molar-refractivity contribution < 1.29 is 24.5 Å². The van der Waals surface area contributed by atoms with Gasteiger partial charge in [-0.25, -0.2) is 0 Å². The lowest BCUT2D eigenvalue weighted by atomic mass is 10.0. The molecular formula is C57H111NO5. The van der Waals surface area contributed by atoms with Crippen LogP contribution in [0.5, 0.6) is 0 Å². The summed E-state index contributed by atoms with van der Waals surface area (Å²) in [6.07, 6.45) is 62.1. The first-order chi connectivity index (χ1) is 31.0. The van der Waals surface area contributed by atoms with E-state index in [1.807, 2.05) is 0 Å². The van der Waals surface area contributed by atoms with Crippen LogP contribution in [0.3, 0.4) is 0 Å². The molecule has 2 unspecified atom stereocenters. The number of hydrogen-bond acceptors (Lipinski definition) is 5. The molecule has 0 aromatic carbocycles. The van der Waals surface area contributed by atoms with Crippen molar-refractivity contribution >= 4 is 11.9 Å². The number of ether oxygens (including phenoxy) is 1. The van der Waals surface area contributed by atoms with E-state index in [1.54, 1.807) is 0 Å². The highest BCUT2D eigenvalue weighted by Crippen LogP contribution is 2.17. The first kappa shape index (κ1) is 61.6. The molecular weight excluding hydrogens is 779 g/mol. The van der Waals surface area contributed by atoms with E-state index in [0.29, 0.717) is 25.9 Å². The smallest absolute Gasteiger partial charge is 0.305 e. The molecule has 0 saturated carbocycles. The maximum absolute atomic E-state index is 12.5. The van der Waals surface area contributed by atoms with Gasteiger partial charge in [-0.15, -0.1) is 0 Å². The summed E-state index contributed by atoms with van der Waals surface area (Å²) in [4.78, 5) is 24.5. The van der Waals surface area contributed by atoms with Crippen LogP contribution in [-0.2, 0) is 14.3 Å². The third-order valence-corrected chi connectivity index (χ3v) is 13.3. The molecule has 2 atom stereocenters. The number of carbonyl (C=O) groups is 2. The largest absolute Gasteiger partial charge is 0.466 e. The van der Waals surface area contributed by atoms with Crippen molar-refractivity contribution in [2.24, 2.45) is 0 Å². The van der Waals surface area contributed by atoms with Crippen LogP contribution in [0.2, 0.25) is 0 Å². The predicted octanol–water partition coefficient (Wildman–Crippen LogP) is 17.3. The van der Waals surface area contributed by atoms with Crippen LogP contribution in [0.15, 0.2) is 12.2 Å². The number of nitrogens with one attached hydrogen (secondary N) is 1. The zero-order valence-corrected chi connectivity index (χ0v) is 42.6. The lowest BCUT2D eigenvalue weighted by Crippen LogP contribution is -2.45. The van der Waals surface area contributed by atoms with Crippen LogP contribution in [0.4, 0.5) is 0 Å². The number of amides is 1. The fourth-order valence-corrected chi connectivity index (χ4v) is 8.94. The third-order valence-electron chi connectivity index (χ3n) is 13.3. The molecule has 6 heteroatoms. The summed E-state index contributed by atoms with van der Waals surface area (Å²) in [6.45, 7) is 4.89. The third kappa shape index (κ3) is 49.9. The van der Waals surface area contributed by atoms with Gasteiger partial charge in [0, 0.05) is 12.8 Å². The molecule has 0 aromatic heterocycles. The Kier molecular flexibility index (Phi) is 52.0. The molecule has 0 aliphatic rings. The first-order valence-corrected chi connectivity index (χ1v) is 28.4. The molecule has 374 valence electrons. The van der Waals surface area contributed by atoms with Crippen molar-refractivity contribution in [1.82, 2.24) is 5.32 Å².